The van der Waals surface area contributed by atoms with Gasteiger partial charge in [0, 0.05) is 5.56 Å². The van der Waals surface area contributed by atoms with E-state index >= 15 is 0 Å². The van der Waals surface area contributed by atoms with Gasteiger partial charge in [0.15, 0.2) is 5.13 Å². The molecule has 0 unspecified atom stereocenters. The van der Waals surface area contributed by atoms with Gasteiger partial charge in [-0.2, -0.15) is 0 Å². The van der Waals surface area contributed by atoms with Crippen molar-refractivity contribution >= 4 is 32.4 Å². The molecular formula is C10H9BrN2OS. The van der Waals surface area contributed by atoms with Crippen LogP contribution < -0.4 is 10.5 Å². The number of hydrogen-bond donors (Lipinski definition) is 1. The van der Waals surface area contributed by atoms with Gasteiger partial charge in [-0.05, 0) is 28.1 Å². The SMILES string of the molecule is COc1cccc(-c2nc(N)sc2Br)c1. The van der Waals surface area contributed by atoms with E-state index in [1.165, 1.54) is 11.3 Å². The summed E-state index contributed by atoms with van der Waals surface area (Å²) in [7, 11) is 1.64. The quantitative estimate of drug-likeness (QED) is 0.922. The molecule has 0 fully saturated rings. The molecule has 78 valence electrons. The highest BCUT2D eigenvalue weighted by atomic mass is 79.9. The fourth-order valence-electron chi connectivity index (χ4n) is 1.27. The smallest absolute Gasteiger partial charge is 0.181 e. The number of benzene rings is 1. The van der Waals surface area contributed by atoms with Gasteiger partial charge in [0.05, 0.1) is 16.6 Å². The minimum atomic E-state index is 0.555. The number of methoxy groups -OCH3 is 1. The Hall–Kier alpha value is -1.07. The van der Waals surface area contributed by atoms with Crippen LogP contribution in [0.1, 0.15) is 0 Å². The first kappa shape index (κ1) is 10.4. The van der Waals surface area contributed by atoms with E-state index in [0.29, 0.717) is 5.13 Å². The summed E-state index contributed by atoms with van der Waals surface area (Å²) >= 11 is 4.86. The fourth-order valence-corrected chi connectivity index (χ4v) is 2.66. The highest BCUT2D eigenvalue weighted by molar-refractivity contribution is 9.11. The van der Waals surface area contributed by atoms with E-state index in [-0.39, 0.29) is 0 Å². The molecule has 0 amide bonds. The zero-order valence-corrected chi connectivity index (χ0v) is 10.4. The molecule has 2 rings (SSSR count). The molecule has 0 saturated heterocycles. The minimum absolute atomic E-state index is 0.555. The zero-order chi connectivity index (χ0) is 10.8. The highest BCUT2D eigenvalue weighted by Gasteiger charge is 2.09. The molecule has 0 aliphatic heterocycles. The Morgan fingerprint density at radius 2 is 2.27 bits per heavy atom. The number of aromatic nitrogens is 1. The van der Waals surface area contributed by atoms with Gasteiger partial charge in [-0.25, -0.2) is 4.98 Å². The molecule has 1 aromatic carbocycles. The van der Waals surface area contributed by atoms with Crippen molar-refractivity contribution in [3.05, 3.63) is 28.1 Å². The van der Waals surface area contributed by atoms with E-state index in [1.54, 1.807) is 7.11 Å². The molecule has 0 aliphatic carbocycles. The summed E-state index contributed by atoms with van der Waals surface area (Å²) in [6.07, 6.45) is 0. The molecule has 0 radical (unpaired) electrons. The molecule has 1 aromatic heterocycles. The standard InChI is InChI=1S/C10H9BrN2OS/c1-14-7-4-2-3-6(5-7)8-9(11)15-10(12)13-8/h2-5H,1H3,(H2,12,13). The molecular weight excluding hydrogens is 276 g/mol. The number of anilines is 1. The van der Waals surface area contributed by atoms with Crippen LogP contribution in [-0.2, 0) is 0 Å². The van der Waals surface area contributed by atoms with E-state index in [4.69, 9.17) is 10.5 Å². The lowest BCUT2D eigenvalue weighted by Crippen LogP contribution is -1.85. The predicted molar refractivity (Wildman–Crippen MR) is 66.2 cm³/mol. The number of nitrogen functional groups attached to an aromatic ring is 1. The largest absolute Gasteiger partial charge is 0.497 e. The topological polar surface area (TPSA) is 48.1 Å². The third-order valence-electron chi connectivity index (χ3n) is 1.95. The lowest BCUT2D eigenvalue weighted by molar-refractivity contribution is 0.415. The Labute approximate surface area is 100 Å². The summed E-state index contributed by atoms with van der Waals surface area (Å²) in [5.74, 6) is 0.811. The zero-order valence-electron chi connectivity index (χ0n) is 8.03. The van der Waals surface area contributed by atoms with Crippen molar-refractivity contribution in [3.63, 3.8) is 0 Å². The molecule has 3 nitrogen and oxygen atoms in total. The molecule has 15 heavy (non-hydrogen) atoms. The van der Waals surface area contributed by atoms with Crippen LogP contribution in [-0.4, -0.2) is 12.1 Å². The summed E-state index contributed by atoms with van der Waals surface area (Å²) in [6.45, 7) is 0. The highest BCUT2D eigenvalue weighted by Crippen LogP contribution is 2.35. The van der Waals surface area contributed by atoms with E-state index in [2.05, 4.69) is 20.9 Å². The van der Waals surface area contributed by atoms with Crippen molar-refractivity contribution in [3.8, 4) is 17.0 Å². The van der Waals surface area contributed by atoms with Crippen LogP contribution in [0.3, 0.4) is 0 Å². The lowest BCUT2D eigenvalue weighted by Gasteiger charge is -2.01. The van der Waals surface area contributed by atoms with Crippen LogP contribution in [0.2, 0.25) is 0 Å². The van der Waals surface area contributed by atoms with Gasteiger partial charge in [-0.15, -0.1) is 0 Å². The number of rotatable bonds is 2. The van der Waals surface area contributed by atoms with Crippen molar-refractivity contribution in [1.29, 1.82) is 0 Å². The molecule has 2 N–H and O–H groups in total. The van der Waals surface area contributed by atoms with Gasteiger partial charge in [0.2, 0.25) is 0 Å². The molecule has 0 saturated carbocycles. The molecule has 0 bridgehead atoms. The van der Waals surface area contributed by atoms with Crippen LogP contribution in [0.25, 0.3) is 11.3 Å². The van der Waals surface area contributed by atoms with Gasteiger partial charge < -0.3 is 10.5 Å². The number of nitrogens with zero attached hydrogens (tertiary/aromatic N) is 1. The molecule has 0 spiro atoms. The molecule has 0 aliphatic rings. The first-order chi connectivity index (χ1) is 7.20. The van der Waals surface area contributed by atoms with Gasteiger partial charge in [-0.3, -0.25) is 0 Å². The van der Waals surface area contributed by atoms with Gasteiger partial charge >= 0.3 is 0 Å². The van der Waals surface area contributed by atoms with Crippen LogP contribution >= 0.6 is 27.3 Å². The number of nitrogens with two attached hydrogens (primary N) is 1. The Bertz CT molecular complexity index is 484. The maximum Gasteiger partial charge on any atom is 0.181 e. The number of halogens is 1. The van der Waals surface area contributed by atoms with Crippen molar-refractivity contribution in [2.75, 3.05) is 12.8 Å². The monoisotopic (exact) mass is 284 g/mol. The van der Waals surface area contributed by atoms with Crippen LogP contribution in [0.5, 0.6) is 5.75 Å². The van der Waals surface area contributed by atoms with E-state index < -0.39 is 0 Å². The maximum atomic E-state index is 5.63. The summed E-state index contributed by atoms with van der Waals surface area (Å²) in [6, 6.07) is 7.73. The molecule has 0 atom stereocenters. The van der Waals surface area contributed by atoms with E-state index in [1.807, 2.05) is 24.3 Å². The van der Waals surface area contributed by atoms with Gasteiger partial charge in [-0.1, -0.05) is 23.5 Å². The summed E-state index contributed by atoms with van der Waals surface area (Å²) in [5, 5.41) is 0.555. The molecule has 2 aromatic rings. The minimum Gasteiger partial charge on any atom is -0.497 e. The Morgan fingerprint density at radius 3 is 2.87 bits per heavy atom. The van der Waals surface area contributed by atoms with Crippen molar-refractivity contribution in [2.45, 2.75) is 0 Å². The summed E-state index contributed by atoms with van der Waals surface area (Å²) in [5.41, 5.74) is 7.49. The second-order valence-corrected chi connectivity index (χ2v) is 5.25. The molecule has 1 heterocycles. The van der Waals surface area contributed by atoms with Gasteiger partial charge in [0.1, 0.15) is 5.75 Å². The van der Waals surface area contributed by atoms with Crippen molar-refractivity contribution in [1.82, 2.24) is 4.98 Å². The van der Waals surface area contributed by atoms with Crippen LogP contribution in [0, 0.1) is 0 Å². The van der Waals surface area contributed by atoms with Crippen LogP contribution in [0.4, 0.5) is 5.13 Å². The van der Waals surface area contributed by atoms with Crippen LogP contribution in [0.15, 0.2) is 28.1 Å². The second kappa shape index (κ2) is 4.20. The summed E-state index contributed by atoms with van der Waals surface area (Å²) < 4.78 is 6.09. The first-order valence-corrected chi connectivity index (χ1v) is 5.88. The average molecular weight is 285 g/mol. The maximum absolute atomic E-state index is 5.63. The lowest BCUT2D eigenvalue weighted by atomic mass is 10.2. The number of thiazole rings is 1. The number of ether oxygens (including phenoxy) is 1. The van der Waals surface area contributed by atoms with Crippen molar-refractivity contribution in [2.24, 2.45) is 0 Å². The van der Waals surface area contributed by atoms with E-state index in [9.17, 15) is 0 Å². The summed E-state index contributed by atoms with van der Waals surface area (Å²) in [4.78, 5) is 4.25. The number of hydrogen-bond acceptors (Lipinski definition) is 4. The third kappa shape index (κ3) is 2.13. The van der Waals surface area contributed by atoms with E-state index in [0.717, 1.165) is 20.8 Å². The second-order valence-electron chi connectivity index (χ2n) is 2.91. The Morgan fingerprint density at radius 1 is 1.47 bits per heavy atom. The molecule has 5 heteroatoms. The normalized spacial score (nSPS) is 10.3. The first-order valence-electron chi connectivity index (χ1n) is 4.27. The predicted octanol–water partition coefficient (Wildman–Crippen LogP) is 3.16. The Kier molecular flexibility index (Phi) is 2.93. The third-order valence-corrected chi connectivity index (χ3v) is 3.48. The Balaban J connectivity index is 2.49. The van der Waals surface area contributed by atoms with Crippen molar-refractivity contribution < 1.29 is 4.74 Å². The average Bonchev–Trinajstić information content (AvgIpc) is 2.58. The fraction of sp³-hybridized carbons (Fsp3) is 0.100. The van der Waals surface area contributed by atoms with Gasteiger partial charge in [0.25, 0.3) is 0 Å².